The van der Waals surface area contributed by atoms with Gasteiger partial charge in [-0.3, -0.25) is 28.8 Å². The van der Waals surface area contributed by atoms with E-state index in [9.17, 15) is 19.2 Å². The van der Waals surface area contributed by atoms with E-state index in [0.29, 0.717) is 35.3 Å². The number of ketones is 3. The molecule has 1 amide bonds. The van der Waals surface area contributed by atoms with E-state index < -0.39 is 23.0 Å². The predicted octanol–water partition coefficient (Wildman–Crippen LogP) is 6.63. The predicted molar refractivity (Wildman–Crippen MR) is 192 cm³/mol. The minimum Gasteiger partial charge on any atom is -0.328 e. The minimum absolute atomic E-state index is 0.0114. The van der Waals surface area contributed by atoms with Gasteiger partial charge in [0.25, 0.3) is 0 Å². The van der Waals surface area contributed by atoms with Crippen LogP contribution in [0.2, 0.25) is 0 Å². The number of aryl methyl sites for hydroxylation is 4. The van der Waals surface area contributed by atoms with E-state index in [1.54, 1.807) is 17.1 Å². The Kier molecular flexibility index (Phi) is 10.0. The molecule has 2 bridgehead atoms. The fraction of sp³-hybridized carbons (Fsp3) is 0.500. The van der Waals surface area contributed by atoms with Gasteiger partial charge in [0.2, 0.25) is 5.91 Å². The summed E-state index contributed by atoms with van der Waals surface area (Å²) in [4.78, 5) is 69.4. The first-order chi connectivity index (χ1) is 24.1. The molecule has 5 heterocycles. The number of fused-ring (bicyclic) bond motifs is 2. The van der Waals surface area contributed by atoms with Crippen LogP contribution in [0.25, 0.3) is 22.0 Å². The van der Waals surface area contributed by atoms with Crippen molar-refractivity contribution in [3.05, 3.63) is 70.7 Å². The van der Waals surface area contributed by atoms with Crippen molar-refractivity contribution in [3.63, 3.8) is 0 Å². The largest absolute Gasteiger partial charge is 0.328 e. The molecular formula is C40H47FN6O4. The number of aromatic nitrogens is 5. The molecule has 51 heavy (non-hydrogen) atoms. The Morgan fingerprint density at radius 2 is 1.71 bits per heavy atom. The SMILES string of the molecule is CC(=O)c1nn2c3c(cc(-c4cnc(C)nc4)cc13)CCCCCC(C)(C)C(=O)CC[C@@]1(F)C[C@@H](C(=O)Cc3nc(C)ccc3C)N(C1)C(=O)C2. The number of pyridine rings is 1. The Bertz CT molecular complexity index is 2020. The summed E-state index contributed by atoms with van der Waals surface area (Å²) in [5.74, 6) is -0.392. The van der Waals surface area contributed by atoms with Gasteiger partial charge in [0.15, 0.2) is 11.6 Å². The zero-order valence-corrected chi connectivity index (χ0v) is 30.5. The molecule has 2 aliphatic heterocycles. The fourth-order valence-electron chi connectivity index (χ4n) is 7.58. The Labute approximate surface area is 298 Å². The van der Waals surface area contributed by atoms with Gasteiger partial charge >= 0.3 is 0 Å². The highest BCUT2D eigenvalue weighted by Gasteiger charge is 2.49. The molecule has 4 aromatic rings. The average Bonchev–Trinajstić information content (AvgIpc) is 3.63. The first-order valence-electron chi connectivity index (χ1n) is 17.9. The molecular weight excluding hydrogens is 647 g/mol. The maximum atomic E-state index is 16.8. The van der Waals surface area contributed by atoms with Gasteiger partial charge in [0.1, 0.15) is 29.5 Å². The number of benzene rings is 1. The van der Waals surface area contributed by atoms with Gasteiger partial charge in [-0.1, -0.05) is 32.8 Å². The third-order valence-electron chi connectivity index (χ3n) is 10.7. The molecule has 0 N–H and O–H groups in total. The van der Waals surface area contributed by atoms with Crippen LogP contribution in [0.4, 0.5) is 4.39 Å². The van der Waals surface area contributed by atoms with Crippen LogP contribution in [0, 0.1) is 26.2 Å². The highest BCUT2D eigenvalue weighted by Crippen LogP contribution is 2.39. The van der Waals surface area contributed by atoms with Gasteiger partial charge in [-0.25, -0.2) is 14.4 Å². The van der Waals surface area contributed by atoms with Crippen LogP contribution in [0.1, 0.15) is 105 Å². The quantitative estimate of drug-likeness (QED) is 0.213. The molecule has 3 aromatic heterocycles. The Morgan fingerprint density at radius 3 is 2.43 bits per heavy atom. The molecule has 0 radical (unpaired) electrons. The van der Waals surface area contributed by atoms with Gasteiger partial charge in [-0.2, -0.15) is 5.10 Å². The van der Waals surface area contributed by atoms with E-state index in [1.807, 2.05) is 58.9 Å². The van der Waals surface area contributed by atoms with Crippen LogP contribution in [0.5, 0.6) is 0 Å². The van der Waals surface area contributed by atoms with Crippen molar-refractivity contribution in [2.75, 3.05) is 6.54 Å². The number of hydrogen-bond acceptors (Lipinski definition) is 8. The van der Waals surface area contributed by atoms with Crippen LogP contribution in [-0.2, 0) is 33.8 Å². The summed E-state index contributed by atoms with van der Waals surface area (Å²) < 4.78 is 18.4. The number of carbonyl (C=O) groups is 4. The second kappa shape index (κ2) is 14.2. The molecule has 0 saturated carbocycles. The van der Waals surface area contributed by atoms with Crippen molar-refractivity contribution < 1.29 is 23.6 Å². The van der Waals surface area contributed by atoms with Crippen molar-refractivity contribution in [2.45, 2.75) is 118 Å². The fourth-order valence-corrected chi connectivity index (χ4v) is 7.58. The van der Waals surface area contributed by atoms with Gasteiger partial charge in [0, 0.05) is 54.2 Å². The van der Waals surface area contributed by atoms with Crippen molar-refractivity contribution in [3.8, 4) is 11.1 Å². The van der Waals surface area contributed by atoms with Gasteiger partial charge in [-0.05, 0) is 81.3 Å². The Balaban J connectivity index is 1.43. The van der Waals surface area contributed by atoms with Crippen molar-refractivity contribution in [1.29, 1.82) is 0 Å². The minimum atomic E-state index is -1.92. The van der Waals surface area contributed by atoms with Crippen molar-refractivity contribution in [2.24, 2.45) is 5.41 Å². The normalized spacial score (nSPS) is 21.5. The van der Waals surface area contributed by atoms with Crippen LogP contribution in [0.3, 0.4) is 0 Å². The number of carbonyl (C=O) groups excluding carboxylic acids is 4. The molecule has 1 aromatic carbocycles. The lowest BCUT2D eigenvalue weighted by molar-refractivity contribution is -0.138. The van der Waals surface area contributed by atoms with Gasteiger partial charge in [0.05, 0.1) is 30.2 Å². The summed E-state index contributed by atoms with van der Waals surface area (Å²) in [6, 6.07) is 6.66. The average molecular weight is 695 g/mol. The van der Waals surface area contributed by atoms with Gasteiger partial charge < -0.3 is 4.90 Å². The second-order valence-electron chi connectivity index (χ2n) is 15.2. The summed E-state index contributed by atoms with van der Waals surface area (Å²) >= 11 is 0. The number of nitrogens with zero attached hydrogens (tertiary/aromatic N) is 6. The molecule has 10 nitrogen and oxygen atoms in total. The van der Waals surface area contributed by atoms with E-state index in [2.05, 4.69) is 20.1 Å². The van der Waals surface area contributed by atoms with Crippen LogP contribution < -0.4 is 0 Å². The lowest BCUT2D eigenvalue weighted by Gasteiger charge is -2.26. The molecule has 268 valence electrons. The maximum Gasteiger partial charge on any atom is 0.245 e. The van der Waals surface area contributed by atoms with E-state index in [4.69, 9.17) is 0 Å². The standard InChI is InChI=1S/C40H47FN6O4/c1-24-11-12-25(2)44-32(24)18-34(49)33-19-40(41)15-13-35(50)39(5,6)14-9-7-8-10-28-16-29(30-20-42-27(4)43-21-30)17-31-37(26(3)48)45-47(38(28)31)22-36(51)46(33)23-40/h11-12,16-17,20-21,33H,7-10,13-15,18-19,22-23H2,1-6H3/t33-,40+/m0/s1. The smallest absolute Gasteiger partial charge is 0.245 e. The monoisotopic (exact) mass is 694 g/mol. The van der Waals surface area contributed by atoms with Crippen molar-refractivity contribution >= 4 is 34.2 Å². The van der Waals surface area contributed by atoms with Crippen LogP contribution >= 0.6 is 0 Å². The van der Waals surface area contributed by atoms with E-state index in [-0.39, 0.29) is 61.8 Å². The first kappa shape index (κ1) is 36.1. The summed E-state index contributed by atoms with van der Waals surface area (Å²) in [7, 11) is 0. The molecule has 0 unspecified atom stereocenters. The van der Waals surface area contributed by atoms with E-state index in [0.717, 1.165) is 47.2 Å². The Morgan fingerprint density at radius 1 is 0.961 bits per heavy atom. The third kappa shape index (κ3) is 7.67. The second-order valence-corrected chi connectivity index (χ2v) is 15.2. The molecule has 0 spiro atoms. The topological polar surface area (TPSA) is 128 Å². The number of alkyl halides is 1. The summed E-state index contributed by atoms with van der Waals surface area (Å²) in [6.07, 6.45) is 7.03. The zero-order valence-electron chi connectivity index (χ0n) is 30.5. The van der Waals surface area contributed by atoms with Gasteiger partial charge in [-0.15, -0.1) is 0 Å². The lowest BCUT2D eigenvalue weighted by Crippen LogP contribution is -2.43. The number of rotatable bonds is 5. The third-order valence-corrected chi connectivity index (χ3v) is 10.7. The molecule has 1 fully saturated rings. The highest BCUT2D eigenvalue weighted by atomic mass is 19.1. The number of halogens is 1. The van der Waals surface area contributed by atoms with E-state index in [1.165, 1.54) is 11.8 Å². The maximum absolute atomic E-state index is 16.8. The van der Waals surface area contributed by atoms with Crippen molar-refractivity contribution in [1.82, 2.24) is 29.6 Å². The highest BCUT2D eigenvalue weighted by molar-refractivity contribution is 6.07. The zero-order chi connectivity index (χ0) is 36.7. The van der Waals surface area contributed by atoms with Crippen LogP contribution in [-0.4, -0.2) is 71.1 Å². The molecule has 1 saturated heterocycles. The van der Waals surface area contributed by atoms with E-state index >= 15 is 4.39 Å². The number of Topliss-reactive ketones (excluding diaryl/α,β-unsaturated/α-hetero) is 3. The molecule has 2 aliphatic rings. The molecule has 0 aliphatic carbocycles. The molecule has 11 heteroatoms. The lowest BCUT2D eigenvalue weighted by atomic mass is 9.79. The summed E-state index contributed by atoms with van der Waals surface area (Å²) in [5.41, 5.74) is 3.08. The molecule has 2 atom stereocenters. The summed E-state index contributed by atoms with van der Waals surface area (Å²) in [6.45, 7) is 10.2. The Hall–Kier alpha value is -4.67. The molecule has 6 rings (SSSR count). The first-order valence-corrected chi connectivity index (χ1v) is 17.9. The van der Waals surface area contributed by atoms with Crippen LogP contribution in [0.15, 0.2) is 36.7 Å². The summed E-state index contributed by atoms with van der Waals surface area (Å²) in [5, 5.41) is 5.29. The number of hydrogen-bond donors (Lipinski definition) is 0. The number of amides is 1.